The lowest BCUT2D eigenvalue weighted by Crippen LogP contribution is -2.38. The molecule has 2 atom stereocenters. The summed E-state index contributed by atoms with van der Waals surface area (Å²) in [5.41, 5.74) is 4.20. The van der Waals surface area contributed by atoms with Crippen LogP contribution in [0.5, 0.6) is 0 Å². The molecule has 0 aliphatic carbocycles. The minimum atomic E-state index is 0.611. The fraction of sp³-hybridized carbons (Fsp3) is 0.333. The summed E-state index contributed by atoms with van der Waals surface area (Å²) in [5.74, 6) is 0.631. The Labute approximate surface area is 130 Å². The van der Waals surface area contributed by atoms with Crippen molar-refractivity contribution in [2.45, 2.75) is 35.1 Å². The first-order valence-electron chi connectivity index (χ1n) is 7.66. The van der Waals surface area contributed by atoms with Gasteiger partial charge in [-0.05, 0) is 43.1 Å². The number of anilines is 1. The van der Waals surface area contributed by atoms with Gasteiger partial charge in [0.1, 0.15) is 0 Å². The Bertz CT molecular complexity index is 668. The molecule has 1 saturated heterocycles. The fourth-order valence-electron chi connectivity index (χ4n) is 3.43. The number of aryl methyl sites for hydroxylation is 1. The number of fused-ring (bicyclic) bond motifs is 3. The van der Waals surface area contributed by atoms with Crippen LogP contribution >= 0.6 is 11.8 Å². The average Bonchev–Trinajstić information content (AvgIpc) is 2.89. The predicted octanol–water partition coefficient (Wildman–Crippen LogP) is 4.02. The van der Waals surface area contributed by atoms with Crippen molar-refractivity contribution in [3.8, 4) is 0 Å². The Morgan fingerprint density at radius 3 is 2.81 bits per heavy atom. The highest BCUT2D eigenvalue weighted by Gasteiger charge is 2.35. The number of para-hydroxylation sites is 1. The van der Waals surface area contributed by atoms with Crippen LogP contribution in [0.25, 0.3) is 0 Å². The zero-order valence-corrected chi connectivity index (χ0v) is 13.0. The molecule has 4 rings (SSSR count). The molecule has 0 saturated carbocycles. The lowest BCUT2D eigenvalue weighted by Gasteiger charge is -2.26. The van der Waals surface area contributed by atoms with Crippen molar-refractivity contribution in [1.82, 2.24) is 5.32 Å². The van der Waals surface area contributed by atoms with Crippen molar-refractivity contribution in [3.05, 3.63) is 53.6 Å². The zero-order valence-electron chi connectivity index (χ0n) is 12.2. The van der Waals surface area contributed by atoms with Crippen LogP contribution < -0.4 is 10.6 Å². The smallest absolute Gasteiger partial charge is 0.0521 e. The van der Waals surface area contributed by atoms with E-state index < -0.39 is 0 Å². The van der Waals surface area contributed by atoms with Gasteiger partial charge in [0.2, 0.25) is 0 Å². The fourth-order valence-corrected chi connectivity index (χ4v) is 4.47. The van der Waals surface area contributed by atoms with Crippen LogP contribution in [0.15, 0.2) is 52.3 Å². The van der Waals surface area contributed by atoms with Crippen molar-refractivity contribution >= 4 is 17.4 Å². The molecule has 0 bridgehead atoms. The van der Waals surface area contributed by atoms with Crippen molar-refractivity contribution in [1.29, 1.82) is 0 Å². The summed E-state index contributed by atoms with van der Waals surface area (Å²) in [7, 11) is 0. The Balaban J connectivity index is 1.69. The second kappa shape index (κ2) is 5.39. The minimum Gasteiger partial charge on any atom is -0.380 e. The summed E-state index contributed by atoms with van der Waals surface area (Å²) in [5, 5.41) is 7.31. The van der Waals surface area contributed by atoms with Crippen LogP contribution in [0.2, 0.25) is 0 Å². The summed E-state index contributed by atoms with van der Waals surface area (Å²) < 4.78 is 0. The van der Waals surface area contributed by atoms with Gasteiger partial charge in [-0.2, -0.15) is 0 Å². The topological polar surface area (TPSA) is 24.1 Å². The van der Waals surface area contributed by atoms with Crippen LogP contribution in [-0.4, -0.2) is 19.1 Å². The van der Waals surface area contributed by atoms with Crippen LogP contribution in [-0.2, 0) is 0 Å². The van der Waals surface area contributed by atoms with E-state index in [1.165, 1.54) is 33.0 Å². The van der Waals surface area contributed by atoms with E-state index in [0.717, 1.165) is 13.1 Å². The van der Waals surface area contributed by atoms with Crippen LogP contribution in [0.4, 0.5) is 5.69 Å². The van der Waals surface area contributed by atoms with Gasteiger partial charge in [0.15, 0.2) is 0 Å². The molecular weight excluding hydrogens is 276 g/mol. The van der Waals surface area contributed by atoms with Gasteiger partial charge >= 0.3 is 0 Å². The van der Waals surface area contributed by atoms with Gasteiger partial charge in [0, 0.05) is 28.3 Å². The first-order chi connectivity index (χ1) is 10.3. The Hall–Kier alpha value is -1.45. The van der Waals surface area contributed by atoms with E-state index in [0.29, 0.717) is 12.0 Å². The molecule has 2 nitrogen and oxygen atoms in total. The van der Waals surface area contributed by atoms with E-state index in [9.17, 15) is 0 Å². The third-order valence-electron chi connectivity index (χ3n) is 4.58. The maximum absolute atomic E-state index is 3.78. The highest BCUT2D eigenvalue weighted by Crippen LogP contribution is 2.45. The van der Waals surface area contributed by atoms with E-state index >= 15 is 0 Å². The molecule has 2 N–H and O–H groups in total. The summed E-state index contributed by atoms with van der Waals surface area (Å²) in [6.07, 6.45) is 1.22. The van der Waals surface area contributed by atoms with Gasteiger partial charge in [0.25, 0.3) is 0 Å². The largest absolute Gasteiger partial charge is 0.380 e. The first-order valence-corrected chi connectivity index (χ1v) is 8.48. The molecule has 2 heterocycles. The van der Waals surface area contributed by atoms with Crippen molar-refractivity contribution in [2.75, 3.05) is 18.4 Å². The predicted molar refractivity (Wildman–Crippen MR) is 89.4 cm³/mol. The SMILES string of the molecule is Cc1ccccc1Sc1cccc2c1N[C@H]1CCNC[C@@H]21. The zero-order chi connectivity index (χ0) is 14.2. The highest BCUT2D eigenvalue weighted by atomic mass is 32.2. The first kappa shape index (κ1) is 13.2. The van der Waals surface area contributed by atoms with Crippen LogP contribution in [0, 0.1) is 6.92 Å². The molecule has 108 valence electrons. The Morgan fingerprint density at radius 2 is 1.90 bits per heavy atom. The Morgan fingerprint density at radius 1 is 1.05 bits per heavy atom. The lowest BCUT2D eigenvalue weighted by molar-refractivity contribution is 0.440. The molecule has 2 aliphatic rings. The summed E-state index contributed by atoms with van der Waals surface area (Å²) >= 11 is 1.88. The summed E-state index contributed by atoms with van der Waals surface area (Å²) in [6, 6.07) is 16.0. The summed E-state index contributed by atoms with van der Waals surface area (Å²) in [6.45, 7) is 4.41. The lowest BCUT2D eigenvalue weighted by atomic mass is 9.91. The molecule has 0 amide bonds. The van der Waals surface area contributed by atoms with Crippen LogP contribution in [0.1, 0.15) is 23.5 Å². The van der Waals surface area contributed by atoms with E-state index in [2.05, 4.69) is 60.0 Å². The van der Waals surface area contributed by atoms with Gasteiger partial charge < -0.3 is 10.6 Å². The molecule has 0 radical (unpaired) electrons. The maximum Gasteiger partial charge on any atom is 0.0521 e. The van der Waals surface area contributed by atoms with Crippen molar-refractivity contribution in [2.24, 2.45) is 0 Å². The molecule has 1 fully saturated rings. The van der Waals surface area contributed by atoms with E-state index in [1.807, 2.05) is 11.8 Å². The van der Waals surface area contributed by atoms with Crippen LogP contribution in [0.3, 0.4) is 0 Å². The monoisotopic (exact) mass is 296 g/mol. The number of hydrogen-bond donors (Lipinski definition) is 2. The third-order valence-corrected chi connectivity index (χ3v) is 5.82. The molecule has 3 heteroatoms. The minimum absolute atomic E-state index is 0.611. The van der Waals surface area contributed by atoms with Gasteiger partial charge in [-0.3, -0.25) is 0 Å². The molecular formula is C18H20N2S. The normalized spacial score (nSPS) is 23.3. The molecule has 0 unspecified atom stereocenters. The number of nitrogens with one attached hydrogen (secondary N) is 2. The van der Waals surface area contributed by atoms with Gasteiger partial charge in [-0.25, -0.2) is 0 Å². The second-order valence-corrected chi connectivity index (χ2v) is 7.02. The van der Waals surface area contributed by atoms with Crippen molar-refractivity contribution < 1.29 is 0 Å². The Kier molecular flexibility index (Phi) is 3.40. The molecule has 2 aromatic carbocycles. The molecule has 0 aromatic heterocycles. The molecule has 21 heavy (non-hydrogen) atoms. The molecule has 0 spiro atoms. The van der Waals surface area contributed by atoms with Crippen molar-refractivity contribution in [3.63, 3.8) is 0 Å². The van der Waals surface area contributed by atoms with Gasteiger partial charge in [-0.1, -0.05) is 42.1 Å². The highest BCUT2D eigenvalue weighted by molar-refractivity contribution is 7.99. The summed E-state index contributed by atoms with van der Waals surface area (Å²) in [4.78, 5) is 2.71. The second-order valence-electron chi connectivity index (χ2n) is 5.94. The standard InChI is InChI=1S/C18H20N2S/c1-12-5-2-3-7-16(12)21-17-8-4-6-13-14-11-19-10-9-15(14)20-18(13)17/h2-8,14-15,19-20H,9-11H2,1H3/t14-,15-/m0/s1. The van der Waals surface area contributed by atoms with E-state index in [-0.39, 0.29) is 0 Å². The third kappa shape index (κ3) is 2.34. The molecule has 2 aromatic rings. The quantitative estimate of drug-likeness (QED) is 0.875. The average molecular weight is 296 g/mol. The number of hydrogen-bond acceptors (Lipinski definition) is 3. The number of rotatable bonds is 2. The number of benzene rings is 2. The number of piperidine rings is 1. The van der Waals surface area contributed by atoms with E-state index in [4.69, 9.17) is 0 Å². The van der Waals surface area contributed by atoms with Gasteiger partial charge in [-0.15, -0.1) is 0 Å². The van der Waals surface area contributed by atoms with E-state index in [1.54, 1.807) is 0 Å². The maximum atomic E-state index is 3.78. The van der Waals surface area contributed by atoms with Gasteiger partial charge in [0.05, 0.1) is 5.69 Å². The molecule has 2 aliphatic heterocycles.